The Bertz CT molecular complexity index is 467. The Labute approximate surface area is 131 Å². The van der Waals surface area contributed by atoms with Crippen LogP contribution >= 0.6 is 11.6 Å². The van der Waals surface area contributed by atoms with Gasteiger partial charge >= 0.3 is 0 Å². The van der Waals surface area contributed by atoms with Gasteiger partial charge in [0.15, 0.2) is 0 Å². The van der Waals surface area contributed by atoms with Gasteiger partial charge in [-0.3, -0.25) is 4.79 Å². The van der Waals surface area contributed by atoms with Crippen molar-refractivity contribution in [1.29, 1.82) is 0 Å². The van der Waals surface area contributed by atoms with Crippen LogP contribution in [0.2, 0.25) is 5.02 Å². The van der Waals surface area contributed by atoms with E-state index in [1.165, 1.54) is 0 Å². The van der Waals surface area contributed by atoms with Gasteiger partial charge in [0.25, 0.3) is 0 Å². The number of hydrogen-bond acceptors (Lipinski definition) is 3. The van der Waals surface area contributed by atoms with E-state index in [1.54, 1.807) is 0 Å². The SMILES string of the molecule is CC(C)C[C@H](N)C(=O)N1CCN(c2ccc(Cl)cc2)CC1. The van der Waals surface area contributed by atoms with Crippen molar-refractivity contribution >= 4 is 23.2 Å². The standard InChI is InChI=1S/C16H24ClN3O/c1-12(2)11-15(18)16(21)20-9-7-19(8-10-20)14-5-3-13(17)4-6-14/h3-6,12,15H,7-11,18H2,1-2H3/t15-/m0/s1. The summed E-state index contributed by atoms with van der Waals surface area (Å²) in [5, 5.41) is 0.743. The number of nitrogens with zero attached hydrogens (tertiary/aromatic N) is 2. The van der Waals surface area contributed by atoms with Gasteiger partial charge < -0.3 is 15.5 Å². The van der Waals surface area contributed by atoms with E-state index in [4.69, 9.17) is 17.3 Å². The normalized spacial score (nSPS) is 17.2. The second-order valence-corrected chi connectivity index (χ2v) is 6.46. The molecule has 0 spiro atoms. The summed E-state index contributed by atoms with van der Waals surface area (Å²) < 4.78 is 0. The zero-order valence-electron chi connectivity index (χ0n) is 12.8. The van der Waals surface area contributed by atoms with Crippen molar-refractivity contribution in [2.45, 2.75) is 26.3 Å². The Kier molecular flexibility index (Phi) is 5.48. The first kappa shape index (κ1) is 16.1. The number of rotatable bonds is 4. The second-order valence-electron chi connectivity index (χ2n) is 6.02. The fourth-order valence-electron chi connectivity index (χ4n) is 2.68. The second kappa shape index (κ2) is 7.14. The maximum atomic E-state index is 12.3. The van der Waals surface area contributed by atoms with Crippen molar-refractivity contribution in [3.8, 4) is 0 Å². The molecular weight excluding hydrogens is 286 g/mol. The first-order chi connectivity index (χ1) is 9.97. The number of anilines is 1. The minimum atomic E-state index is -0.368. The minimum Gasteiger partial charge on any atom is -0.368 e. The van der Waals surface area contributed by atoms with Crippen molar-refractivity contribution in [3.05, 3.63) is 29.3 Å². The van der Waals surface area contributed by atoms with Crippen molar-refractivity contribution < 1.29 is 4.79 Å². The maximum Gasteiger partial charge on any atom is 0.239 e. The molecule has 1 heterocycles. The Morgan fingerprint density at radius 1 is 1.19 bits per heavy atom. The quantitative estimate of drug-likeness (QED) is 0.929. The molecule has 2 rings (SSSR count). The molecule has 1 aromatic rings. The lowest BCUT2D eigenvalue weighted by molar-refractivity contribution is -0.133. The third-order valence-corrected chi connectivity index (χ3v) is 4.08. The van der Waals surface area contributed by atoms with Crippen LogP contribution in [-0.2, 0) is 4.79 Å². The van der Waals surface area contributed by atoms with Gasteiger partial charge in [0, 0.05) is 36.9 Å². The number of carbonyl (C=O) groups excluding carboxylic acids is 1. The first-order valence-electron chi connectivity index (χ1n) is 7.52. The summed E-state index contributed by atoms with van der Waals surface area (Å²) in [5.74, 6) is 0.527. The van der Waals surface area contributed by atoms with E-state index < -0.39 is 0 Å². The smallest absolute Gasteiger partial charge is 0.239 e. The summed E-state index contributed by atoms with van der Waals surface area (Å²) in [6.07, 6.45) is 0.746. The molecule has 1 atom stereocenters. The maximum absolute atomic E-state index is 12.3. The molecule has 1 aromatic carbocycles. The molecule has 1 aliphatic heterocycles. The number of amides is 1. The van der Waals surface area contributed by atoms with Crippen LogP contribution in [0.15, 0.2) is 24.3 Å². The Morgan fingerprint density at radius 3 is 2.29 bits per heavy atom. The molecule has 2 N–H and O–H groups in total. The van der Waals surface area contributed by atoms with Gasteiger partial charge in [-0.15, -0.1) is 0 Å². The predicted molar refractivity (Wildman–Crippen MR) is 87.7 cm³/mol. The summed E-state index contributed by atoms with van der Waals surface area (Å²) >= 11 is 5.91. The van der Waals surface area contributed by atoms with E-state index in [0.29, 0.717) is 5.92 Å². The van der Waals surface area contributed by atoms with Crippen LogP contribution in [0.1, 0.15) is 20.3 Å². The number of carbonyl (C=O) groups is 1. The summed E-state index contributed by atoms with van der Waals surface area (Å²) in [4.78, 5) is 16.4. The van der Waals surface area contributed by atoms with Crippen molar-refractivity contribution in [2.75, 3.05) is 31.1 Å². The van der Waals surface area contributed by atoms with E-state index in [2.05, 4.69) is 18.7 Å². The summed E-state index contributed by atoms with van der Waals surface area (Å²) in [6.45, 7) is 7.31. The van der Waals surface area contributed by atoms with E-state index in [-0.39, 0.29) is 11.9 Å². The van der Waals surface area contributed by atoms with Gasteiger partial charge in [-0.05, 0) is 36.6 Å². The van der Waals surface area contributed by atoms with Crippen LogP contribution < -0.4 is 10.6 Å². The van der Waals surface area contributed by atoms with Crippen LogP contribution in [0, 0.1) is 5.92 Å². The lowest BCUT2D eigenvalue weighted by atomic mass is 10.0. The molecule has 0 unspecified atom stereocenters. The van der Waals surface area contributed by atoms with Crippen molar-refractivity contribution in [2.24, 2.45) is 11.7 Å². The van der Waals surface area contributed by atoms with Gasteiger partial charge in [0.1, 0.15) is 0 Å². The zero-order chi connectivity index (χ0) is 15.4. The summed E-state index contributed by atoms with van der Waals surface area (Å²) in [6, 6.07) is 7.46. The molecule has 0 radical (unpaired) electrons. The van der Waals surface area contributed by atoms with E-state index >= 15 is 0 Å². The average molecular weight is 310 g/mol. The fourth-order valence-corrected chi connectivity index (χ4v) is 2.81. The van der Waals surface area contributed by atoms with E-state index in [1.807, 2.05) is 29.2 Å². The number of benzene rings is 1. The molecule has 4 nitrogen and oxygen atoms in total. The summed E-state index contributed by atoms with van der Waals surface area (Å²) in [7, 11) is 0. The predicted octanol–water partition coefficient (Wildman–Crippen LogP) is 2.36. The van der Waals surface area contributed by atoms with Crippen molar-refractivity contribution in [3.63, 3.8) is 0 Å². The molecule has 116 valence electrons. The molecule has 1 aliphatic rings. The summed E-state index contributed by atoms with van der Waals surface area (Å²) in [5.41, 5.74) is 7.14. The molecular formula is C16H24ClN3O. The largest absolute Gasteiger partial charge is 0.368 e. The number of halogens is 1. The highest BCUT2D eigenvalue weighted by Crippen LogP contribution is 2.19. The fraction of sp³-hybridized carbons (Fsp3) is 0.562. The third-order valence-electron chi connectivity index (χ3n) is 3.83. The Balaban J connectivity index is 1.88. The monoisotopic (exact) mass is 309 g/mol. The van der Waals surface area contributed by atoms with Gasteiger partial charge in [-0.2, -0.15) is 0 Å². The van der Waals surface area contributed by atoms with Crippen LogP contribution in [0.5, 0.6) is 0 Å². The molecule has 0 aliphatic carbocycles. The number of hydrogen-bond donors (Lipinski definition) is 1. The van der Waals surface area contributed by atoms with Crippen molar-refractivity contribution in [1.82, 2.24) is 4.90 Å². The lowest BCUT2D eigenvalue weighted by Gasteiger charge is -2.37. The molecule has 0 bridgehead atoms. The molecule has 5 heteroatoms. The number of piperazine rings is 1. The van der Waals surface area contributed by atoms with Crippen LogP contribution in [0.25, 0.3) is 0 Å². The van der Waals surface area contributed by atoms with Gasteiger partial charge in [0.05, 0.1) is 6.04 Å². The molecule has 1 fully saturated rings. The molecule has 1 amide bonds. The molecule has 0 aromatic heterocycles. The molecule has 21 heavy (non-hydrogen) atoms. The topological polar surface area (TPSA) is 49.6 Å². The average Bonchev–Trinajstić information content (AvgIpc) is 2.47. The van der Waals surface area contributed by atoms with Gasteiger partial charge in [-0.1, -0.05) is 25.4 Å². The highest BCUT2D eigenvalue weighted by molar-refractivity contribution is 6.30. The van der Waals surface area contributed by atoms with Crippen LogP contribution in [-0.4, -0.2) is 43.0 Å². The number of nitrogens with two attached hydrogens (primary N) is 1. The van der Waals surface area contributed by atoms with Crippen LogP contribution in [0.4, 0.5) is 5.69 Å². The minimum absolute atomic E-state index is 0.0828. The Hall–Kier alpha value is -1.26. The van der Waals surface area contributed by atoms with Crippen LogP contribution in [0.3, 0.4) is 0 Å². The lowest BCUT2D eigenvalue weighted by Crippen LogP contribution is -2.53. The Morgan fingerprint density at radius 2 is 1.76 bits per heavy atom. The highest BCUT2D eigenvalue weighted by atomic mass is 35.5. The van der Waals surface area contributed by atoms with E-state index in [9.17, 15) is 4.79 Å². The third kappa shape index (κ3) is 4.35. The van der Waals surface area contributed by atoms with E-state index in [0.717, 1.165) is 43.3 Å². The molecule has 1 saturated heterocycles. The van der Waals surface area contributed by atoms with Gasteiger partial charge in [-0.25, -0.2) is 0 Å². The zero-order valence-corrected chi connectivity index (χ0v) is 13.5. The first-order valence-corrected chi connectivity index (χ1v) is 7.90. The highest BCUT2D eigenvalue weighted by Gasteiger charge is 2.25. The molecule has 0 saturated carbocycles. The van der Waals surface area contributed by atoms with Gasteiger partial charge in [0.2, 0.25) is 5.91 Å².